The molecule has 2 fully saturated rings. The molecule has 1 amide bonds. The zero-order valence-corrected chi connectivity index (χ0v) is 12.7. The molecule has 0 aromatic carbocycles. The molecule has 2 aliphatic heterocycles. The van der Waals surface area contributed by atoms with Gasteiger partial charge in [-0.15, -0.1) is 0 Å². The summed E-state index contributed by atoms with van der Waals surface area (Å²) in [6.07, 6.45) is -2.45. The molecular formula is C13H21NO7. The molecule has 0 bridgehead atoms. The van der Waals surface area contributed by atoms with Gasteiger partial charge in [-0.25, -0.2) is 4.79 Å². The molecule has 0 spiro atoms. The van der Waals surface area contributed by atoms with E-state index in [1.807, 2.05) is 0 Å². The lowest BCUT2D eigenvalue weighted by molar-refractivity contribution is -0.230. The second-order valence-electron chi connectivity index (χ2n) is 5.47. The topological polar surface area (TPSA) is 92.3 Å². The molecule has 1 N–H and O–H groups in total. The lowest BCUT2D eigenvalue weighted by Gasteiger charge is -2.27. The van der Waals surface area contributed by atoms with Crippen molar-refractivity contribution in [2.24, 2.45) is 0 Å². The van der Waals surface area contributed by atoms with Gasteiger partial charge in [0.1, 0.15) is 18.3 Å². The molecular weight excluding hydrogens is 282 g/mol. The van der Waals surface area contributed by atoms with E-state index in [1.54, 1.807) is 13.8 Å². The normalized spacial score (nSPS) is 35.1. The van der Waals surface area contributed by atoms with Crippen LogP contribution in [0.1, 0.15) is 20.8 Å². The van der Waals surface area contributed by atoms with E-state index in [-0.39, 0.29) is 5.91 Å². The number of esters is 1. The van der Waals surface area contributed by atoms with Crippen LogP contribution in [-0.2, 0) is 33.3 Å². The molecule has 8 heteroatoms. The molecule has 5 atom stereocenters. The zero-order valence-electron chi connectivity index (χ0n) is 12.7. The van der Waals surface area contributed by atoms with Gasteiger partial charge in [-0.3, -0.25) is 4.79 Å². The molecule has 2 rings (SSSR count). The second-order valence-corrected chi connectivity index (χ2v) is 5.47. The number of carbonyl (C=O) groups is 2. The van der Waals surface area contributed by atoms with Gasteiger partial charge >= 0.3 is 5.97 Å². The molecule has 0 unspecified atom stereocenters. The van der Waals surface area contributed by atoms with Gasteiger partial charge in [0.15, 0.2) is 18.1 Å². The van der Waals surface area contributed by atoms with Gasteiger partial charge in [0.25, 0.3) is 0 Å². The quantitative estimate of drug-likeness (QED) is 0.704. The monoisotopic (exact) mass is 303 g/mol. The van der Waals surface area contributed by atoms with Crippen molar-refractivity contribution in [3.63, 3.8) is 0 Å². The number of methoxy groups -OCH3 is 2. The predicted molar refractivity (Wildman–Crippen MR) is 69.1 cm³/mol. The Balaban J connectivity index is 2.24. The van der Waals surface area contributed by atoms with Crippen molar-refractivity contribution in [1.82, 2.24) is 5.32 Å². The Kier molecular flexibility index (Phi) is 4.52. The van der Waals surface area contributed by atoms with Gasteiger partial charge in [-0.2, -0.15) is 0 Å². The summed E-state index contributed by atoms with van der Waals surface area (Å²) < 4.78 is 27.1. The van der Waals surface area contributed by atoms with Crippen molar-refractivity contribution in [2.45, 2.75) is 57.2 Å². The highest BCUT2D eigenvalue weighted by atomic mass is 16.8. The molecule has 21 heavy (non-hydrogen) atoms. The summed E-state index contributed by atoms with van der Waals surface area (Å²) in [6, 6.07) is -0.988. The number of rotatable bonds is 4. The van der Waals surface area contributed by atoms with Crippen LogP contribution in [0.2, 0.25) is 0 Å². The summed E-state index contributed by atoms with van der Waals surface area (Å²) in [5.74, 6) is -1.80. The summed E-state index contributed by atoms with van der Waals surface area (Å²) in [5.41, 5.74) is 0. The molecule has 120 valence electrons. The van der Waals surface area contributed by atoms with Crippen LogP contribution in [0.4, 0.5) is 0 Å². The highest BCUT2D eigenvalue weighted by molar-refractivity contribution is 5.83. The fourth-order valence-electron chi connectivity index (χ4n) is 2.67. The van der Waals surface area contributed by atoms with E-state index in [9.17, 15) is 9.59 Å². The van der Waals surface area contributed by atoms with Crippen molar-refractivity contribution >= 4 is 11.9 Å². The van der Waals surface area contributed by atoms with Crippen LogP contribution in [0.25, 0.3) is 0 Å². The van der Waals surface area contributed by atoms with E-state index in [0.717, 1.165) is 0 Å². The third-order valence-electron chi connectivity index (χ3n) is 3.42. The largest absolute Gasteiger partial charge is 0.467 e. The zero-order chi connectivity index (χ0) is 15.8. The maximum atomic E-state index is 11.9. The Morgan fingerprint density at radius 1 is 1.19 bits per heavy atom. The summed E-state index contributed by atoms with van der Waals surface area (Å²) >= 11 is 0. The van der Waals surface area contributed by atoms with Crippen LogP contribution in [0.5, 0.6) is 0 Å². The molecule has 0 radical (unpaired) electrons. The molecule has 0 aromatic heterocycles. The Labute approximate surface area is 123 Å². The van der Waals surface area contributed by atoms with Crippen molar-refractivity contribution in [1.29, 1.82) is 0 Å². The maximum absolute atomic E-state index is 11.9. The fraction of sp³-hybridized carbons (Fsp3) is 0.846. The maximum Gasteiger partial charge on any atom is 0.331 e. The standard InChI is InChI=1S/C13H21NO7/c1-6(15)14-7(11(16)17-4)8-9-10(12(18-5)19-8)21-13(2,3)20-9/h7-10,12H,1-5H3,(H,14,15)/t7-,8+,9-,10-,12-/m0/s1. The van der Waals surface area contributed by atoms with E-state index < -0.39 is 42.4 Å². The third-order valence-corrected chi connectivity index (χ3v) is 3.42. The Bertz CT molecular complexity index is 425. The molecule has 8 nitrogen and oxygen atoms in total. The minimum absolute atomic E-state index is 0.371. The number of ether oxygens (including phenoxy) is 5. The Morgan fingerprint density at radius 3 is 2.33 bits per heavy atom. The molecule has 2 saturated heterocycles. The number of fused-ring (bicyclic) bond motifs is 1. The summed E-state index contributed by atoms with van der Waals surface area (Å²) in [6.45, 7) is 4.84. The van der Waals surface area contributed by atoms with Crippen molar-refractivity contribution < 1.29 is 33.3 Å². The predicted octanol–water partition coefficient (Wildman–Crippen LogP) is -0.444. The minimum atomic E-state index is -0.988. The summed E-state index contributed by atoms with van der Waals surface area (Å²) in [5, 5.41) is 2.53. The van der Waals surface area contributed by atoms with Crippen LogP contribution in [0, 0.1) is 0 Å². The minimum Gasteiger partial charge on any atom is -0.467 e. The Hall–Kier alpha value is -1.22. The van der Waals surface area contributed by atoms with Gasteiger partial charge in [-0.1, -0.05) is 0 Å². The van der Waals surface area contributed by atoms with Crippen LogP contribution >= 0.6 is 0 Å². The van der Waals surface area contributed by atoms with E-state index in [4.69, 9.17) is 23.7 Å². The van der Waals surface area contributed by atoms with Crippen LogP contribution in [-0.4, -0.2) is 62.5 Å². The van der Waals surface area contributed by atoms with Crippen molar-refractivity contribution in [2.75, 3.05) is 14.2 Å². The smallest absolute Gasteiger partial charge is 0.331 e. The lowest BCUT2D eigenvalue weighted by Crippen LogP contribution is -2.53. The van der Waals surface area contributed by atoms with Crippen molar-refractivity contribution in [3.8, 4) is 0 Å². The van der Waals surface area contributed by atoms with Gasteiger partial charge in [-0.05, 0) is 13.8 Å². The summed E-state index contributed by atoms with van der Waals surface area (Å²) in [7, 11) is 2.72. The molecule has 0 saturated carbocycles. The molecule has 2 heterocycles. The first-order valence-corrected chi connectivity index (χ1v) is 6.68. The first kappa shape index (κ1) is 16.2. The van der Waals surface area contributed by atoms with Crippen molar-refractivity contribution in [3.05, 3.63) is 0 Å². The highest BCUT2D eigenvalue weighted by Gasteiger charge is 2.58. The molecule has 2 aliphatic rings. The summed E-state index contributed by atoms with van der Waals surface area (Å²) in [4.78, 5) is 23.2. The number of nitrogens with one attached hydrogen (secondary N) is 1. The van der Waals surface area contributed by atoms with E-state index in [1.165, 1.54) is 21.1 Å². The number of amides is 1. The molecule has 0 aliphatic carbocycles. The van der Waals surface area contributed by atoms with E-state index in [0.29, 0.717) is 0 Å². The first-order chi connectivity index (χ1) is 9.79. The van der Waals surface area contributed by atoms with E-state index >= 15 is 0 Å². The van der Waals surface area contributed by atoms with Crippen LogP contribution < -0.4 is 5.32 Å². The third kappa shape index (κ3) is 3.18. The second kappa shape index (κ2) is 5.88. The average molecular weight is 303 g/mol. The van der Waals surface area contributed by atoms with E-state index in [2.05, 4.69) is 5.32 Å². The fourth-order valence-corrected chi connectivity index (χ4v) is 2.67. The first-order valence-electron chi connectivity index (χ1n) is 6.68. The number of hydrogen-bond donors (Lipinski definition) is 1. The van der Waals surface area contributed by atoms with Gasteiger partial charge in [0, 0.05) is 14.0 Å². The van der Waals surface area contributed by atoms with Crippen LogP contribution in [0.15, 0.2) is 0 Å². The lowest BCUT2D eigenvalue weighted by atomic mass is 10.0. The number of hydrogen-bond acceptors (Lipinski definition) is 7. The highest BCUT2D eigenvalue weighted by Crippen LogP contribution is 2.40. The number of carbonyl (C=O) groups excluding carboxylic acids is 2. The molecule has 0 aromatic rings. The van der Waals surface area contributed by atoms with Crippen LogP contribution in [0.3, 0.4) is 0 Å². The Morgan fingerprint density at radius 2 is 1.81 bits per heavy atom. The SMILES string of the molecule is COC(=O)[C@@H](NC(C)=O)[C@H]1O[C@H](OC)[C@H]2OC(C)(C)O[C@H]21. The van der Waals surface area contributed by atoms with Gasteiger partial charge in [0.05, 0.1) is 7.11 Å². The average Bonchev–Trinajstić information content (AvgIpc) is 2.88. The van der Waals surface area contributed by atoms with Gasteiger partial charge in [0.2, 0.25) is 5.91 Å². The van der Waals surface area contributed by atoms with Gasteiger partial charge < -0.3 is 29.0 Å².